The van der Waals surface area contributed by atoms with Crippen LogP contribution in [0.1, 0.15) is 12.5 Å². The Morgan fingerprint density at radius 2 is 2.29 bits per heavy atom. The van der Waals surface area contributed by atoms with Crippen LogP contribution in [0, 0.1) is 16.0 Å². The van der Waals surface area contributed by atoms with E-state index < -0.39 is 4.92 Å². The molecule has 0 spiro atoms. The lowest BCUT2D eigenvalue weighted by atomic mass is 10.0. The van der Waals surface area contributed by atoms with Gasteiger partial charge < -0.3 is 5.11 Å². The molecule has 0 saturated carbocycles. The number of hydrogen-bond donors (Lipinski definition) is 1. The van der Waals surface area contributed by atoms with E-state index in [9.17, 15) is 10.1 Å². The third-order valence-electron chi connectivity index (χ3n) is 2.02. The van der Waals surface area contributed by atoms with Gasteiger partial charge in [-0.1, -0.05) is 19.1 Å². The van der Waals surface area contributed by atoms with E-state index in [1.807, 2.05) is 13.0 Å². The van der Waals surface area contributed by atoms with Crippen molar-refractivity contribution in [3.63, 3.8) is 0 Å². The lowest BCUT2D eigenvalue weighted by Gasteiger charge is -2.06. The first-order valence-corrected chi connectivity index (χ1v) is 4.47. The van der Waals surface area contributed by atoms with E-state index in [2.05, 4.69) is 0 Å². The van der Waals surface area contributed by atoms with Gasteiger partial charge in [-0.15, -0.1) is 0 Å². The van der Waals surface area contributed by atoms with Gasteiger partial charge in [-0.25, -0.2) is 0 Å². The summed E-state index contributed by atoms with van der Waals surface area (Å²) in [6.07, 6.45) is 0.665. The van der Waals surface area contributed by atoms with Gasteiger partial charge in [0.2, 0.25) is 0 Å². The first-order chi connectivity index (χ1) is 6.63. The van der Waals surface area contributed by atoms with Crippen molar-refractivity contribution < 1.29 is 10.0 Å². The molecule has 4 heteroatoms. The van der Waals surface area contributed by atoms with Gasteiger partial charge in [0.15, 0.2) is 0 Å². The molecule has 0 saturated heterocycles. The monoisotopic (exact) mass is 195 g/mol. The number of rotatable bonds is 4. The number of nitro groups is 1. The van der Waals surface area contributed by atoms with E-state index in [-0.39, 0.29) is 18.2 Å². The van der Waals surface area contributed by atoms with Crippen molar-refractivity contribution in [1.82, 2.24) is 0 Å². The maximum Gasteiger partial charge on any atom is 0.269 e. The summed E-state index contributed by atoms with van der Waals surface area (Å²) in [5, 5.41) is 19.3. The van der Waals surface area contributed by atoms with Crippen LogP contribution >= 0.6 is 0 Å². The average Bonchev–Trinajstić information content (AvgIpc) is 2.18. The van der Waals surface area contributed by atoms with Crippen LogP contribution in [-0.2, 0) is 6.42 Å². The van der Waals surface area contributed by atoms with Crippen molar-refractivity contribution >= 4 is 5.69 Å². The Morgan fingerprint density at radius 1 is 1.57 bits per heavy atom. The summed E-state index contributed by atoms with van der Waals surface area (Å²) in [6, 6.07) is 6.51. The van der Waals surface area contributed by atoms with E-state index in [4.69, 9.17) is 5.11 Å². The largest absolute Gasteiger partial charge is 0.396 e. The molecule has 1 N–H and O–H groups in total. The highest BCUT2D eigenvalue weighted by molar-refractivity contribution is 5.34. The van der Waals surface area contributed by atoms with E-state index >= 15 is 0 Å². The Hall–Kier alpha value is -1.42. The highest BCUT2D eigenvalue weighted by Gasteiger charge is 2.07. The maximum atomic E-state index is 10.5. The molecular formula is C10H13NO3. The maximum absolute atomic E-state index is 10.5. The predicted molar refractivity (Wildman–Crippen MR) is 53.1 cm³/mol. The topological polar surface area (TPSA) is 63.4 Å². The minimum absolute atomic E-state index is 0.0999. The van der Waals surface area contributed by atoms with Gasteiger partial charge in [0, 0.05) is 18.7 Å². The fourth-order valence-corrected chi connectivity index (χ4v) is 1.26. The Morgan fingerprint density at radius 3 is 2.86 bits per heavy atom. The van der Waals surface area contributed by atoms with Gasteiger partial charge in [0.05, 0.1) is 4.92 Å². The molecule has 0 aromatic heterocycles. The Bertz CT molecular complexity index is 325. The molecule has 0 heterocycles. The minimum Gasteiger partial charge on any atom is -0.396 e. The van der Waals surface area contributed by atoms with Crippen LogP contribution in [0.2, 0.25) is 0 Å². The van der Waals surface area contributed by atoms with Crippen LogP contribution in [0.15, 0.2) is 24.3 Å². The molecule has 14 heavy (non-hydrogen) atoms. The van der Waals surface area contributed by atoms with Crippen molar-refractivity contribution in [3.05, 3.63) is 39.9 Å². The van der Waals surface area contributed by atoms with E-state index in [1.54, 1.807) is 12.1 Å². The molecule has 1 atom stereocenters. The van der Waals surface area contributed by atoms with Crippen molar-refractivity contribution in [2.24, 2.45) is 5.92 Å². The zero-order chi connectivity index (χ0) is 10.6. The zero-order valence-corrected chi connectivity index (χ0v) is 8.01. The molecule has 1 aromatic carbocycles. The molecule has 0 unspecified atom stereocenters. The van der Waals surface area contributed by atoms with Crippen LogP contribution in [0.25, 0.3) is 0 Å². The summed E-state index contributed by atoms with van der Waals surface area (Å²) in [5.41, 5.74) is 0.994. The van der Waals surface area contributed by atoms with Gasteiger partial charge in [-0.05, 0) is 17.9 Å². The van der Waals surface area contributed by atoms with Gasteiger partial charge in [0.1, 0.15) is 0 Å². The number of non-ortho nitro benzene ring substituents is 1. The third kappa shape index (κ3) is 2.81. The first-order valence-electron chi connectivity index (χ1n) is 4.47. The minimum atomic E-state index is -0.410. The molecule has 4 nitrogen and oxygen atoms in total. The molecule has 0 bridgehead atoms. The van der Waals surface area contributed by atoms with Crippen molar-refractivity contribution in [2.45, 2.75) is 13.3 Å². The van der Waals surface area contributed by atoms with E-state index in [0.717, 1.165) is 5.56 Å². The molecule has 0 radical (unpaired) electrons. The molecule has 0 aliphatic carbocycles. The second-order valence-corrected chi connectivity index (χ2v) is 3.42. The molecule has 0 fully saturated rings. The van der Waals surface area contributed by atoms with Crippen LogP contribution in [0.5, 0.6) is 0 Å². The van der Waals surface area contributed by atoms with Crippen molar-refractivity contribution in [1.29, 1.82) is 0 Å². The number of aliphatic hydroxyl groups excluding tert-OH is 1. The fourth-order valence-electron chi connectivity index (χ4n) is 1.26. The SMILES string of the molecule is C[C@@H](CO)Cc1cccc([N+](=O)[O-])c1. The fraction of sp³-hybridized carbons (Fsp3) is 0.400. The van der Waals surface area contributed by atoms with Crippen LogP contribution in [-0.4, -0.2) is 16.6 Å². The number of aliphatic hydroxyl groups is 1. The molecule has 1 rings (SSSR count). The van der Waals surface area contributed by atoms with E-state index in [1.165, 1.54) is 6.07 Å². The highest BCUT2D eigenvalue weighted by atomic mass is 16.6. The van der Waals surface area contributed by atoms with Gasteiger partial charge in [0.25, 0.3) is 5.69 Å². The van der Waals surface area contributed by atoms with Crippen LogP contribution < -0.4 is 0 Å². The zero-order valence-electron chi connectivity index (χ0n) is 8.01. The number of nitrogens with zero attached hydrogens (tertiary/aromatic N) is 1. The summed E-state index contributed by atoms with van der Waals surface area (Å²) >= 11 is 0. The lowest BCUT2D eigenvalue weighted by molar-refractivity contribution is -0.384. The Kier molecular flexibility index (Phi) is 3.59. The smallest absolute Gasteiger partial charge is 0.269 e. The molecule has 0 aliphatic heterocycles. The second-order valence-electron chi connectivity index (χ2n) is 3.42. The normalized spacial score (nSPS) is 12.4. The number of hydrogen-bond acceptors (Lipinski definition) is 3. The molecular weight excluding hydrogens is 182 g/mol. The van der Waals surface area contributed by atoms with Gasteiger partial charge in [-0.3, -0.25) is 10.1 Å². The quantitative estimate of drug-likeness (QED) is 0.588. The second kappa shape index (κ2) is 4.72. The van der Waals surface area contributed by atoms with Crippen LogP contribution in [0.4, 0.5) is 5.69 Å². The number of nitro benzene ring substituents is 1. The molecule has 1 aromatic rings. The van der Waals surface area contributed by atoms with Crippen molar-refractivity contribution in [3.8, 4) is 0 Å². The predicted octanol–water partition coefficient (Wildman–Crippen LogP) is 1.77. The summed E-state index contributed by atoms with van der Waals surface area (Å²) in [4.78, 5) is 10.1. The Labute approximate surface area is 82.3 Å². The third-order valence-corrected chi connectivity index (χ3v) is 2.02. The summed E-state index contributed by atoms with van der Waals surface area (Å²) in [6.45, 7) is 2.00. The van der Waals surface area contributed by atoms with Crippen molar-refractivity contribution in [2.75, 3.05) is 6.61 Å². The number of benzene rings is 1. The lowest BCUT2D eigenvalue weighted by Crippen LogP contribution is -2.04. The highest BCUT2D eigenvalue weighted by Crippen LogP contribution is 2.15. The average molecular weight is 195 g/mol. The standard InChI is InChI=1S/C10H13NO3/c1-8(7-12)5-9-3-2-4-10(6-9)11(13)14/h2-4,6,8,12H,5,7H2,1H3/t8-/m1/s1. The Balaban J connectivity index is 2.78. The summed E-state index contributed by atoms with van der Waals surface area (Å²) < 4.78 is 0. The van der Waals surface area contributed by atoms with Gasteiger partial charge in [-0.2, -0.15) is 0 Å². The first kappa shape index (κ1) is 10.7. The molecule has 0 aliphatic rings. The summed E-state index contributed by atoms with van der Waals surface area (Å²) in [5.74, 6) is 0.136. The van der Waals surface area contributed by atoms with Gasteiger partial charge >= 0.3 is 0 Å². The molecule has 76 valence electrons. The van der Waals surface area contributed by atoms with Crippen LogP contribution in [0.3, 0.4) is 0 Å². The summed E-state index contributed by atoms with van der Waals surface area (Å²) in [7, 11) is 0. The molecule has 0 amide bonds. The van der Waals surface area contributed by atoms with E-state index in [0.29, 0.717) is 6.42 Å².